The fourth-order valence-electron chi connectivity index (χ4n) is 8.69. The fraction of sp³-hybridized carbons (Fsp3) is 0.0196. The molecule has 0 spiro atoms. The molecule has 10 rings (SSSR count). The first-order chi connectivity index (χ1) is 27.6. The number of nitrogens with zero attached hydrogens (tertiary/aromatic N) is 5. The molecule has 5 heteroatoms. The molecule has 0 unspecified atom stereocenters. The van der Waals surface area contributed by atoms with E-state index in [9.17, 15) is 10.5 Å². The van der Waals surface area contributed by atoms with Crippen molar-refractivity contribution in [2.45, 2.75) is 6.92 Å². The van der Waals surface area contributed by atoms with Gasteiger partial charge in [0.15, 0.2) is 0 Å². The highest BCUT2D eigenvalue weighted by atomic mass is 15.1. The van der Waals surface area contributed by atoms with Crippen LogP contribution in [0, 0.1) is 22.7 Å². The van der Waals surface area contributed by atoms with E-state index in [0.29, 0.717) is 11.1 Å². The van der Waals surface area contributed by atoms with Crippen molar-refractivity contribution in [1.29, 1.82) is 10.5 Å². The van der Waals surface area contributed by atoms with Crippen LogP contribution in [-0.2, 0) is 0 Å². The summed E-state index contributed by atoms with van der Waals surface area (Å²) < 4.78 is 6.74. The van der Waals surface area contributed by atoms with Gasteiger partial charge >= 0.3 is 0 Å². The normalized spacial score (nSPS) is 11.6. The van der Waals surface area contributed by atoms with E-state index >= 15 is 0 Å². The summed E-state index contributed by atoms with van der Waals surface area (Å²) in [5.74, 6) is 0. The number of allylic oxidation sites excluding steroid dienone is 1. The molecule has 0 saturated heterocycles. The highest BCUT2D eigenvalue weighted by molar-refractivity contribution is 6.13. The molecule has 0 aliphatic carbocycles. The van der Waals surface area contributed by atoms with Crippen LogP contribution >= 0.6 is 0 Å². The third-order valence-corrected chi connectivity index (χ3v) is 11.0. The number of hydrogen-bond acceptors (Lipinski definition) is 2. The van der Waals surface area contributed by atoms with Crippen LogP contribution in [0.25, 0.3) is 88.8 Å². The van der Waals surface area contributed by atoms with E-state index in [4.69, 9.17) is 6.58 Å². The van der Waals surface area contributed by atoms with E-state index in [2.05, 4.69) is 160 Å². The zero-order valence-electron chi connectivity index (χ0n) is 30.6. The standard InChI is InChI=1S/C51H33N5/c1-3-14-43-42-20-6-10-24-47(42)56(51(43)33(2)54-45-22-8-4-18-40(45)41-19-5-9-23-46(41)54)37-17-12-15-34(29-37)39-28-27-38(30-36(39)32-53)55-48-25-11-7-21-44(48)50-35(31-52)16-13-26-49(50)55/h3-30H,2H2,1H3/b14-3-. The van der Waals surface area contributed by atoms with Crippen LogP contribution in [0.5, 0.6) is 0 Å². The van der Waals surface area contributed by atoms with Gasteiger partial charge in [-0.2, -0.15) is 10.5 Å². The van der Waals surface area contributed by atoms with Gasteiger partial charge in [-0.3, -0.25) is 0 Å². The molecule has 7 aromatic carbocycles. The lowest BCUT2D eigenvalue weighted by atomic mass is 9.99. The van der Waals surface area contributed by atoms with Crippen molar-refractivity contribution in [3.63, 3.8) is 0 Å². The highest BCUT2D eigenvalue weighted by Gasteiger charge is 2.23. The summed E-state index contributed by atoms with van der Waals surface area (Å²) in [6.45, 7) is 6.88. The molecule has 0 N–H and O–H groups in total. The van der Waals surface area contributed by atoms with Crippen molar-refractivity contribution in [2.24, 2.45) is 0 Å². The largest absolute Gasteiger partial charge is 0.309 e. The molecule has 0 aliphatic rings. The van der Waals surface area contributed by atoms with Gasteiger partial charge in [-0.25, -0.2) is 0 Å². The van der Waals surface area contributed by atoms with Crippen molar-refractivity contribution in [1.82, 2.24) is 13.7 Å². The summed E-state index contributed by atoms with van der Waals surface area (Å²) in [7, 11) is 0. The lowest BCUT2D eigenvalue weighted by Gasteiger charge is -2.18. The minimum absolute atomic E-state index is 0.559. The van der Waals surface area contributed by atoms with Crippen LogP contribution in [0.4, 0.5) is 0 Å². The molecule has 0 atom stereocenters. The van der Waals surface area contributed by atoms with Crippen LogP contribution in [0.15, 0.2) is 170 Å². The molecule has 0 bridgehead atoms. The molecule has 56 heavy (non-hydrogen) atoms. The first-order valence-corrected chi connectivity index (χ1v) is 18.6. The molecule has 0 radical (unpaired) electrons. The smallest absolute Gasteiger partial charge is 0.0998 e. The summed E-state index contributed by atoms with van der Waals surface area (Å²) in [5.41, 5.74) is 12.9. The molecule has 0 fully saturated rings. The topological polar surface area (TPSA) is 62.4 Å². The molecule has 5 nitrogen and oxygen atoms in total. The molecule has 0 amide bonds. The molecule has 262 valence electrons. The maximum absolute atomic E-state index is 10.7. The quantitative estimate of drug-likeness (QED) is 0.172. The average molecular weight is 716 g/mol. The molecular formula is C51H33N5. The van der Waals surface area contributed by atoms with Crippen LogP contribution in [0.2, 0.25) is 0 Å². The second kappa shape index (κ2) is 12.9. The lowest BCUT2D eigenvalue weighted by molar-refractivity contribution is 1.06. The maximum Gasteiger partial charge on any atom is 0.0998 e. The Bertz CT molecular complexity index is 3320. The second-order valence-corrected chi connectivity index (χ2v) is 14.0. The Balaban J connectivity index is 1.17. The maximum atomic E-state index is 10.7. The van der Waals surface area contributed by atoms with E-state index in [1.54, 1.807) is 0 Å². The van der Waals surface area contributed by atoms with Gasteiger partial charge in [-0.15, -0.1) is 0 Å². The van der Waals surface area contributed by atoms with Gasteiger partial charge in [0.2, 0.25) is 0 Å². The lowest BCUT2D eigenvalue weighted by Crippen LogP contribution is -2.06. The molecular weight excluding hydrogens is 683 g/mol. The number of fused-ring (bicyclic) bond motifs is 7. The highest BCUT2D eigenvalue weighted by Crippen LogP contribution is 2.41. The van der Waals surface area contributed by atoms with Gasteiger partial charge in [0.1, 0.15) is 0 Å². The fourth-order valence-corrected chi connectivity index (χ4v) is 8.69. The van der Waals surface area contributed by atoms with E-state index in [1.807, 2.05) is 42.5 Å². The molecule has 3 heterocycles. The predicted molar refractivity (Wildman–Crippen MR) is 231 cm³/mol. The Morgan fingerprint density at radius 3 is 1.79 bits per heavy atom. The monoisotopic (exact) mass is 715 g/mol. The number of hydrogen-bond donors (Lipinski definition) is 0. The average Bonchev–Trinajstić information content (AvgIpc) is 3.89. The Hall–Kier alpha value is -7.86. The van der Waals surface area contributed by atoms with Crippen LogP contribution in [0.1, 0.15) is 29.3 Å². The van der Waals surface area contributed by atoms with Crippen molar-refractivity contribution in [3.05, 3.63) is 193 Å². The zero-order valence-corrected chi connectivity index (χ0v) is 30.6. The summed E-state index contributed by atoms with van der Waals surface area (Å²) in [4.78, 5) is 0. The number of nitriles is 2. The Morgan fingerprint density at radius 2 is 1.11 bits per heavy atom. The Labute approximate surface area is 323 Å². The van der Waals surface area contributed by atoms with Crippen LogP contribution < -0.4 is 0 Å². The van der Waals surface area contributed by atoms with Crippen LogP contribution in [0.3, 0.4) is 0 Å². The summed E-state index contributed by atoms with van der Waals surface area (Å²) in [6.07, 6.45) is 4.27. The molecule has 3 aromatic heterocycles. The SMILES string of the molecule is C=C(c1c(/C=C\C)c2ccccc2n1-c1cccc(-c2ccc(-n3c4ccccc4c4c(C#N)cccc43)cc2C#N)c1)n1c2ccccc2c2ccccc21. The van der Waals surface area contributed by atoms with Gasteiger partial charge in [-0.1, -0.05) is 116 Å². The van der Waals surface area contributed by atoms with Crippen molar-refractivity contribution < 1.29 is 0 Å². The van der Waals surface area contributed by atoms with Crippen molar-refractivity contribution in [2.75, 3.05) is 0 Å². The third kappa shape index (κ3) is 4.79. The first-order valence-electron chi connectivity index (χ1n) is 18.6. The van der Waals surface area contributed by atoms with E-state index in [-0.39, 0.29) is 0 Å². The van der Waals surface area contributed by atoms with Gasteiger partial charge in [0, 0.05) is 43.9 Å². The van der Waals surface area contributed by atoms with Crippen LogP contribution in [-0.4, -0.2) is 13.7 Å². The number of aromatic nitrogens is 3. The molecule has 0 saturated carbocycles. The van der Waals surface area contributed by atoms with Crippen molar-refractivity contribution in [3.8, 4) is 34.6 Å². The first kappa shape index (κ1) is 32.8. The number of rotatable bonds is 6. The summed E-state index contributed by atoms with van der Waals surface area (Å²) in [6, 6.07) is 58.8. The Morgan fingerprint density at radius 1 is 0.536 bits per heavy atom. The van der Waals surface area contributed by atoms with E-state index in [1.165, 1.54) is 10.8 Å². The van der Waals surface area contributed by atoms with Crippen molar-refractivity contribution >= 4 is 66.3 Å². The van der Waals surface area contributed by atoms with Gasteiger partial charge in [0.05, 0.1) is 62.2 Å². The number of para-hydroxylation sites is 4. The minimum atomic E-state index is 0.559. The zero-order chi connectivity index (χ0) is 37.9. The van der Waals surface area contributed by atoms with Gasteiger partial charge in [0.25, 0.3) is 0 Å². The van der Waals surface area contributed by atoms with E-state index in [0.717, 1.165) is 83.2 Å². The summed E-state index contributed by atoms with van der Waals surface area (Å²) >= 11 is 0. The van der Waals surface area contributed by atoms with Gasteiger partial charge in [-0.05, 0) is 78.7 Å². The van der Waals surface area contributed by atoms with E-state index < -0.39 is 0 Å². The Kier molecular flexibility index (Phi) is 7.56. The third-order valence-electron chi connectivity index (χ3n) is 11.0. The van der Waals surface area contributed by atoms with Gasteiger partial charge < -0.3 is 13.7 Å². The predicted octanol–water partition coefficient (Wildman–Crippen LogP) is 12.8. The second-order valence-electron chi connectivity index (χ2n) is 14.0. The minimum Gasteiger partial charge on any atom is -0.309 e. The molecule has 0 aliphatic heterocycles. The number of benzene rings is 7. The molecule has 10 aromatic rings. The summed E-state index contributed by atoms with van der Waals surface area (Å²) in [5, 5.41) is 26.0.